The molecule has 2 aliphatic rings. The van der Waals surface area contributed by atoms with Gasteiger partial charge in [0, 0.05) is 32.4 Å². The van der Waals surface area contributed by atoms with Crippen molar-refractivity contribution >= 4 is 5.91 Å². The zero-order valence-corrected chi connectivity index (χ0v) is 12.8. The number of hydrazine groups is 1. The molecule has 1 saturated carbocycles. The second-order valence-corrected chi connectivity index (χ2v) is 5.97. The van der Waals surface area contributed by atoms with E-state index in [9.17, 15) is 4.79 Å². The van der Waals surface area contributed by atoms with Crippen LogP contribution in [0.4, 0.5) is 0 Å². The van der Waals surface area contributed by atoms with E-state index in [4.69, 9.17) is 5.73 Å². The van der Waals surface area contributed by atoms with Gasteiger partial charge in [-0.1, -0.05) is 13.3 Å². The van der Waals surface area contributed by atoms with E-state index in [-0.39, 0.29) is 11.9 Å². The molecule has 1 atom stereocenters. The van der Waals surface area contributed by atoms with E-state index in [2.05, 4.69) is 18.5 Å². The highest BCUT2D eigenvalue weighted by Crippen LogP contribution is 2.38. The van der Waals surface area contributed by atoms with Crippen LogP contribution in [-0.2, 0) is 4.79 Å². The quantitative estimate of drug-likeness (QED) is 0.685. The van der Waals surface area contributed by atoms with Gasteiger partial charge in [-0.3, -0.25) is 4.79 Å². The van der Waals surface area contributed by atoms with Crippen molar-refractivity contribution in [2.45, 2.75) is 45.1 Å². The third kappa shape index (κ3) is 4.21. The Labute approximate surface area is 122 Å². The van der Waals surface area contributed by atoms with Gasteiger partial charge < -0.3 is 15.6 Å². The molecule has 2 rings (SSSR count). The molecule has 1 heterocycles. The summed E-state index contributed by atoms with van der Waals surface area (Å²) in [5, 5.41) is 1.93. The summed E-state index contributed by atoms with van der Waals surface area (Å²) in [6, 6.07) is 0.152. The molecular weight excluding hydrogens is 252 g/mol. The first-order chi connectivity index (χ1) is 9.63. The van der Waals surface area contributed by atoms with Crippen LogP contribution in [0.2, 0.25) is 0 Å². The summed E-state index contributed by atoms with van der Waals surface area (Å²) in [4.78, 5) is 14.1. The van der Waals surface area contributed by atoms with Crippen molar-refractivity contribution in [2.75, 3.05) is 26.7 Å². The van der Waals surface area contributed by atoms with Crippen LogP contribution in [0.15, 0.2) is 11.8 Å². The van der Waals surface area contributed by atoms with Crippen molar-refractivity contribution in [3.05, 3.63) is 11.8 Å². The van der Waals surface area contributed by atoms with Crippen LogP contribution >= 0.6 is 0 Å². The molecule has 114 valence electrons. The van der Waals surface area contributed by atoms with Crippen molar-refractivity contribution in [1.29, 1.82) is 0 Å². The second-order valence-electron chi connectivity index (χ2n) is 5.97. The fourth-order valence-electron chi connectivity index (χ4n) is 2.77. The van der Waals surface area contributed by atoms with Crippen molar-refractivity contribution < 1.29 is 4.79 Å². The molecule has 0 aromatic rings. The zero-order chi connectivity index (χ0) is 14.5. The predicted octanol–water partition coefficient (Wildman–Crippen LogP) is 1.08. The molecular formula is C15H28N4O. The van der Waals surface area contributed by atoms with E-state index in [0.29, 0.717) is 13.1 Å². The normalized spacial score (nSPS) is 23.2. The van der Waals surface area contributed by atoms with Gasteiger partial charge in [0.15, 0.2) is 0 Å². The lowest BCUT2D eigenvalue weighted by molar-refractivity contribution is -0.131. The average Bonchev–Trinajstić information content (AvgIpc) is 3.18. The SMILES string of the molecule is CCC/C(=C\N(CC(=O)N1CCC(N)C1)NC)C1CC1. The predicted molar refractivity (Wildman–Crippen MR) is 80.7 cm³/mol. The van der Waals surface area contributed by atoms with Gasteiger partial charge >= 0.3 is 0 Å². The number of nitrogens with one attached hydrogen (secondary N) is 1. The van der Waals surface area contributed by atoms with E-state index in [0.717, 1.165) is 31.7 Å². The number of hydrogen-bond acceptors (Lipinski definition) is 4. The number of nitrogens with two attached hydrogens (primary N) is 1. The second kappa shape index (κ2) is 7.09. The monoisotopic (exact) mass is 280 g/mol. The van der Waals surface area contributed by atoms with Crippen LogP contribution < -0.4 is 11.2 Å². The number of carbonyl (C=O) groups excluding carboxylic acids is 1. The Morgan fingerprint density at radius 1 is 1.45 bits per heavy atom. The summed E-state index contributed by atoms with van der Waals surface area (Å²) in [6.07, 6.45) is 7.97. The number of amides is 1. The number of hydrogen-bond donors (Lipinski definition) is 2. The fraction of sp³-hybridized carbons (Fsp3) is 0.800. The van der Waals surface area contributed by atoms with Gasteiger partial charge in [0.1, 0.15) is 6.54 Å². The van der Waals surface area contributed by atoms with Crippen LogP contribution in [0.25, 0.3) is 0 Å². The standard InChI is InChI=1S/C15H28N4O/c1-3-4-13(12-5-6-12)9-19(17-2)11-15(20)18-8-7-14(16)10-18/h9,12,14,17H,3-8,10-11,16H2,1-2H3/b13-9+. The van der Waals surface area contributed by atoms with Gasteiger partial charge in [-0.25, -0.2) is 5.43 Å². The number of likely N-dealkylation sites (tertiary alicyclic amines) is 1. The molecule has 1 saturated heterocycles. The number of carbonyl (C=O) groups is 1. The molecule has 1 aliphatic heterocycles. The van der Waals surface area contributed by atoms with Gasteiger partial charge in [-0.15, -0.1) is 0 Å². The minimum atomic E-state index is 0.152. The van der Waals surface area contributed by atoms with Gasteiger partial charge in [0.25, 0.3) is 0 Å². The van der Waals surface area contributed by atoms with E-state index < -0.39 is 0 Å². The van der Waals surface area contributed by atoms with Gasteiger partial charge in [-0.05, 0) is 37.2 Å². The molecule has 2 fully saturated rings. The van der Waals surface area contributed by atoms with Crippen molar-refractivity contribution in [3.63, 3.8) is 0 Å². The van der Waals surface area contributed by atoms with Crippen molar-refractivity contribution in [2.24, 2.45) is 11.7 Å². The number of nitrogens with zero attached hydrogens (tertiary/aromatic N) is 2. The minimum Gasteiger partial charge on any atom is -0.339 e. The van der Waals surface area contributed by atoms with Gasteiger partial charge in [0.05, 0.1) is 0 Å². The third-order valence-corrected chi connectivity index (χ3v) is 4.13. The summed E-state index contributed by atoms with van der Waals surface area (Å²) < 4.78 is 0. The molecule has 3 N–H and O–H groups in total. The Bertz CT molecular complexity index is 365. The lowest BCUT2D eigenvalue weighted by Crippen LogP contribution is -2.42. The van der Waals surface area contributed by atoms with Crippen LogP contribution in [0.3, 0.4) is 0 Å². The average molecular weight is 280 g/mol. The van der Waals surface area contributed by atoms with Gasteiger partial charge in [-0.2, -0.15) is 0 Å². The summed E-state index contributed by atoms with van der Waals surface area (Å²) >= 11 is 0. The summed E-state index contributed by atoms with van der Waals surface area (Å²) in [7, 11) is 1.87. The van der Waals surface area contributed by atoms with Gasteiger partial charge in [0.2, 0.25) is 5.91 Å². The summed E-state index contributed by atoms with van der Waals surface area (Å²) in [5.74, 6) is 0.913. The van der Waals surface area contributed by atoms with Crippen LogP contribution in [0.1, 0.15) is 39.0 Å². The van der Waals surface area contributed by atoms with Crippen LogP contribution in [-0.4, -0.2) is 48.5 Å². The first-order valence-corrected chi connectivity index (χ1v) is 7.82. The molecule has 5 nitrogen and oxygen atoms in total. The Morgan fingerprint density at radius 2 is 2.20 bits per heavy atom. The molecule has 0 aromatic carbocycles. The topological polar surface area (TPSA) is 61.6 Å². The zero-order valence-electron chi connectivity index (χ0n) is 12.8. The molecule has 0 aromatic heterocycles. The van der Waals surface area contributed by atoms with E-state index >= 15 is 0 Å². The molecule has 0 spiro atoms. The maximum absolute atomic E-state index is 12.2. The number of allylic oxidation sites excluding steroid dienone is 1. The maximum atomic E-state index is 12.2. The first-order valence-electron chi connectivity index (χ1n) is 7.82. The summed E-state index contributed by atoms with van der Waals surface area (Å²) in [6.45, 7) is 4.09. The minimum absolute atomic E-state index is 0.152. The molecule has 0 radical (unpaired) electrons. The molecule has 20 heavy (non-hydrogen) atoms. The Kier molecular flexibility index (Phi) is 5.43. The molecule has 5 heteroatoms. The maximum Gasteiger partial charge on any atom is 0.243 e. The Morgan fingerprint density at radius 3 is 2.70 bits per heavy atom. The third-order valence-electron chi connectivity index (χ3n) is 4.13. The lowest BCUT2D eigenvalue weighted by Gasteiger charge is -2.24. The largest absolute Gasteiger partial charge is 0.339 e. The van der Waals surface area contributed by atoms with Crippen molar-refractivity contribution in [3.8, 4) is 0 Å². The van der Waals surface area contributed by atoms with Crippen LogP contribution in [0, 0.1) is 5.92 Å². The first kappa shape index (κ1) is 15.3. The van der Waals surface area contributed by atoms with Crippen molar-refractivity contribution in [1.82, 2.24) is 15.3 Å². The number of rotatable bonds is 7. The molecule has 1 unspecified atom stereocenters. The summed E-state index contributed by atoms with van der Waals surface area (Å²) in [5.41, 5.74) is 10.5. The Balaban J connectivity index is 1.90. The highest BCUT2D eigenvalue weighted by molar-refractivity contribution is 5.78. The highest BCUT2D eigenvalue weighted by Gasteiger charge is 2.27. The lowest BCUT2D eigenvalue weighted by atomic mass is 10.1. The Hall–Kier alpha value is -1.07. The van der Waals surface area contributed by atoms with Crippen LogP contribution in [0.5, 0.6) is 0 Å². The smallest absolute Gasteiger partial charge is 0.243 e. The van der Waals surface area contributed by atoms with E-state index in [1.165, 1.54) is 18.4 Å². The molecule has 1 amide bonds. The fourth-order valence-corrected chi connectivity index (χ4v) is 2.77. The molecule has 0 bridgehead atoms. The highest BCUT2D eigenvalue weighted by atomic mass is 16.2. The van der Waals surface area contributed by atoms with E-state index in [1.54, 1.807) is 0 Å². The van der Waals surface area contributed by atoms with E-state index in [1.807, 2.05) is 17.0 Å². The molecule has 1 aliphatic carbocycles.